The standard InChI is InChI=1S/C20H17ClN2O4/c21-14-2-4-15(5-3-14)22-19(24)6-1-12-9-13-10-17-18(27-8-7-26-17)11-16(13)23-20(12)25/h2-5,9-11H,1,6-8H2,(H,22,24)(H,23,25). The predicted octanol–water partition coefficient (Wildman–Crippen LogP) is 3.52. The number of fused-ring (bicyclic) bond motifs is 2. The molecule has 7 heteroatoms. The first-order chi connectivity index (χ1) is 13.1. The molecule has 0 atom stereocenters. The zero-order valence-electron chi connectivity index (χ0n) is 14.4. The number of rotatable bonds is 4. The zero-order chi connectivity index (χ0) is 18.8. The maximum Gasteiger partial charge on any atom is 0.251 e. The number of carbonyl (C=O) groups is 1. The summed E-state index contributed by atoms with van der Waals surface area (Å²) >= 11 is 5.83. The van der Waals surface area contributed by atoms with E-state index in [1.165, 1.54) is 0 Å². The van der Waals surface area contributed by atoms with E-state index in [0.29, 0.717) is 52.9 Å². The molecule has 0 unspecified atom stereocenters. The summed E-state index contributed by atoms with van der Waals surface area (Å²) in [6.07, 6.45) is 0.529. The van der Waals surface area contributed by atoms with Crippen LogP contribution >= 0.6 is 11.6 Å². The number of nitrogens with one attached hydrogen (secondary N) is 2. The number of benzene rings is 2. The molecule has 0 saturated carbocycles. The van der Waals surface area contributed by atoms with E-state index in [2.05, 4.69) is 10.3 Å². The van der Waals surface area contributed by atoms with Crippen molar-refractivity contribution in [2.24, 2.45) is 0 Å². The third kappa shape index (κ3) is 3.90. The van der Waals surface area contributed by atoms with Crippen LogP contribution in [0.3, 0.4) is 0 Å². The number of amides is 1. The van der Waals surface area contributed by atoms with Crippen LogP contribution in [0.4, 0.5) is 5.69 Å². The summed E-state index contributed by atoms with van der Waals surface area (Å²) in [5.41, 5.74) is 1.68. The van der Waals surface area contributed by atoms with Crippen LogP contribution in [-0.4, -0.2) is 24.1 Å². The SMILES string of the molecule is O=C(CCc1cc2cc3c(cc2[nH]c1=O)OCCO3)Nc1ccc(Cl)cc1. The minimum Gasteiger partial charge on any atom is -0.486 e. The Balaban J connectivity index is 1.49. The average molecular weight is 385 g/mol. The van der Waals surface area contributed by atoms with Crippen LogP contribution in [0.5, 0.6) is 11.5 Å². The van der Waals surface area contributed by atoms with E-state index < -0.39 is 0 Å². The van der Waals surface area contributed by atoms with E-state index in [-0.39, 0.29) is 17.9 Å². The van der Waals surface area contributed by atoms with Gasteiger partial charge in [-0.05, 0) is 42.8 Å². The Kier molecular flexibility index (Phi) is 4.73. The number of halogens is 1. The van der Waals surface area contributed by atoms with Crippen molar-refractivity contribution in [3.63, 3.8) is 0 Å². The quantitative estimate of drug-likeness (QED) is 0.721. The van der Waals surface area contributed by atoms with Crippen molar-refractivity contribution in [3.05, 3.63) is 63.4 Å². The molecule has 0 spiro atoms. The van der Waals surface area contributed by atoms with Crippen LogP contribution in [0, 0.1) is 0 Å². The average Bonchev–Trinajstić information content (AvgIpc) is 2.66. The first-order valence-electron chi connectivity index (χ1n) is 8.59. The Morgan fingerprint density at radius 1 is 1.07 bits per heavy atom. The summed E-state index contributed by atoms with van der Waals surface area (Å²) in [4.78, 5) is 27.3. The number of anilines is 1. The van der Waals surface area contributed by atoms with Crippen molar-refractivity contribution in [1.29, 1.82) is 0 Å². The van der Waals surface area contributed by atoms with Crippen molar-refractivity contribution in [3.8, 4) is 11.5 Å². The molecular weight excluding hydrogens is 368 g/mol. The molecule has 0 fully saturated rings. The topological polar surface area (TPSA) is 80.4 Å². The number of hydrogen-bond donors (Lipinski definition) is 2. The van der Waals surface area contributed by atoms with Crippen molar-refractivity contribution in [1.82, 2.24) is 4.98 Å². The lowest BCUT2D eigenvalue weighted by Gasteiger charge is -2.18. The number of ether oxygens (including phenoxy) is 2. The van der Waals surface area contributed by atoms with Crippen molar-refractivity contribution < 1.29 is 14.3 Å². The number of hydrogen-bond acceptors (Lipinski definition) is 4. The molecule has 2 heterocycles. The number of H-pyrrole nitrogens is 1. The van der Waals surface area contributed by atoms with Gasteiger partial charge < -0.3 is 19.8 Å². The highest BCUT2D eigenvalue weighted by atomic mass is 35.5. The van der Waals surface area contributed by atoms with E-state index in [4.69, 9.17) is 21.1 Å². The molecule has 3 aromatic rings. The fourth-order valence-electron chi connectivity index (χ4n) is 2.98. The van der Waals surface area contributed by atoms with Gasteiger partial charge in [0.1, 0.15) is 13.2 Å². The van der Waals surface area contributed by atoms with Crippen LogP contribution in [-0.2, 0) is 11.2 Å². The first kappa shape index (κ1) is 17.4. The highest BCUT2D eigenvalue weighted by Crippen LogP contribution is 2.33. The van der Waals surface area contributed by atoms with Crippen molar-refractivity contribution in [2.45, 2.75) is 12.8 Å². The summed E-state index contributed by atoms with van der Waals surface area (Å²) in [5.74, 6) is 1.12. The lowest BCUT2D eigenvalue weighted by Crippen LogP contribution is -2.18. The van der Waals surface area contributed by atoms with E-state index >= 15 is 0 Å². The summed E-state index contributed by atoms with van der Waals surface area (Å²) in [6.45, 7) is 0.989. The van der Waals surface area contributed by atoms with Gasteiger partial charge in [0.05, 0.1) is 5.52 Å². The Morgan fingerprint density at radius 3 is 2.52 bits per heavy atom. The fourth-order valence-corrected chi connectivity index (χ4v) is 3.10. The molecule has 2 N–H and O–H groups in total. The van der Waals surface area contributed by atoms with E-state index in [1.54, 1.807) is 36.4 Å². The molecule has 138 valence electrons. The molecule has 1 aliphatic heterocycles. The number of carbonyl (C=O) groups excluding carboxylic acids is 1. The maximum atomic E-state index is 12.3. The Morgan fingerprint density at radius 2 is 1.78 bits per heavy atom. The van der Waals surface area contributed by atoms with E-state index in [0.717, 1.165) is 5.39 Å². The molecule has 0 aliphatic carbocycles. The van der Waals surface area contributed by atoms with Crippen molar-refractivity contribution >= 4 is 34.1 Å². The monoisotopic (exact) mass is 384 g/mol. The van der Waals surface area contributed by atoms with Gasteiger partial charge in [-0.1, -0.05) is 11.6 Å². The highest BCUT2D eigenvalue weighted by molar-refractivity contribution is 6.30. The largest absolute Gasteiger partial charge is 0.486 e. The van der Waals surface area contributed by atoms with Gasteiger partial charge >= 0.3 is 0 Å². The van der Waals surface area contributed by atoms with Crippen LogP contribution < -0.4 is 20.3 Å². The zero-order valence-corrected chi connectivity index (χ0v) is 15.1. The molecule has 1 aliphatic rings. The summed E-state index contributed by atoms with van der Waals surface area (Å²) in [7, 11) is 0. The lowest BCUT2D eigenvalue weighted by atomic mass is 10.1. The van der Waals surface area contributed by atoms with Gasteiger partial charge in [-0.25, -0.2) is 0 Å². The number of aromatic amines is 1. The van der Waals surface area contributed by atoms with Crippen molar-refractivity contribution in [2.75, 3.05) is 18.5 Å². The predicted molar refractivity (Wildman–Crippen MR) is 104 cm³/mol. The molecule has 0 saturated heterocycles. The lowest BCUT2D eigenvalue weighted by molar-refractivity contribution is -0.116. The van der Waals surface area contributed by atoms with Gasteiger partial charge in [0, 0.05) is 34.1 Å². The van der Waals surface area contributed by atoms with Gasteiger partial charge in [0.25, 0.3) is 5.56 Å². The summed E-state index contributed by atoms with van der Waals surface area (Å²) in [6, 6.07) is 12.3. The van der Waals surface area contributed by atoms with Gasteiger partial charge in [-0.3, -0.25) is 9.59 Å². The molecule has 1 amide bonds. The third-order valence-corrected chi connectivity index (χ3v) is 4.59. The Labute approximate surface area is 160 Å². The molecule has 4 rings (SSSR count). The fraction of sp³-hybridized carbons (Fsp3) is 0.200. The van der Waals surface area contributed by atoms with Crippen LogP contribution in [0.15, 0.2) is 47.3 Å². The summed E-state index contributed by atoms with van der Waals surface area (Å²) < 4.78 is 11.1. The van der Waals surface area contributed by atoms with Crippen LogP contribution in [0.1, 0.15) is 12.0 Å². The molecular formula is C20H17ClN2O4. The van der Waals surface area contributed by atoms with Gasteiger partial charge in [0.15, 0.2) is 11.5 Å². The summed E-state index contributed by atoms with van der Waals surface area (Å²) in [5, 5.41) is 4.23. The maximum absolute atomic E-state index is 12.3. The molecule has 0 bridgehead atoms. The van der Waals surface area contributed by atoms with Gasteiger partial charge in [-0.15, -0.1) is 0 Å². The highest BCUT2D eigenvalue weighted by Gasteiger charge is 2.14. The second-order valence-electron chi connectivity index (χ2n) is 6.26. The second-order valence-corrected chi connectivity index (χ2v) is 6.70. The molecule has 6 nitrogen and oxygen atoms in total. The minimum atomic E-state index is -0.210. The molecule has 1 aromatic heterocycles. The third-order valence-electron chi connectivity index (χ3n) is 4.33. The molecule has 27 heavy (non-hydrogen) atoms. The minimum absolute atomic E-state index is 0.168. The van der Waals surface area contributed by atoms with Crippen LogP contribution in [0.2, 0.25) is 5.02 Å². The van der Waals surface area contributed by atoms with Gasteiger partial charge in [0.2, 0.25) is 5.91 Å². The van der Waals surface area contributed by atoms with E-state index in [1.807, 2.05) is 6.07 Å². The first-order valence-corrected chi connectivity index (χ1v) is 8.97. The number of aromatic nitrogens is 1. The number of aryl methyl sites for hydroxylation is 1. The molecule has 2 aromatic carbocycles. The Bertz CT molecular complexity index is 1060. The smallest absolute Gasteiger partial charge is 0.251 e. The molecule has 0 radical (unpaired) electrons. The van der Waals surface area contributed by atoms with Gasteiger partial charge in [-0.2, -0.15) is 0 Å². The second kappa shape index (κ2) is 7.32. The number of pyridine rings is 1. The normalized spacial score (nSPS) is 12.8. The van der Waals surface area contributed by atoms with Crippen LogP contribution in [0.25, 0.3) is 10.9 Å². The van der Waals surface area contributed by atoms with E-state index in [9.17, 15) is 9.59 Å². The Hall–Kier alpha value is -2.99.